The Bertz CT molecular complexity index is 475. The molecule has 0 aliphatic heterocycles. The molecule has 7 heteroatoms. The van der Waals surface area contributed by atoms with Crippen LogP contribution in [0.15, 0.2) is 0 Å². The van der Waals surface area contributed by atoms with E-state index in [4.69, 9.17) is 4.74 Å². The number of carbonyl (C=O) groups excluding carboxylic acids is 4. The molecule has 128 valence electrons. The third-order valence-corrected chi connectivity index (χ3v) is 4.52. The zero-order valence-corrected chi connectivity index (χ0v) is 13.4. The topological polar surface area (TPSA) is 102 Å². The van der Waals surface area contributed by atoms with Crippen molar-refractivity contribution in [3.05, 3.63) is 0 Å². The number of Topliss-reactive ketones (excluding diaryl/α,β-unsaturated/α-hetero) is 1. The predicted molar refractivity (Wildman–Crippen MR) is 81.4 cm³/mol. The number of hydrogen-bond acceptors (Lipinski definition) is 5. The number of nitrogens with one attached hydrogen (secondary N) is 2. The fourth-order valence-corrected chi connectivity index (χ4v) is 3.37. The van der Waals surface area contributed by atoms with Gasteiger partial charge in [-0.05, 0) is 32.1 Å². The molecule has 2 rings (SSSR count). The minimum atomic E-state index is -0.654. The van der Waals surface area contributed by atoms with E-state index in [0.29, 0.717) is 19.4 Å². The third kappa shape index (κ3) is 4.77. The number of amides is 3. The molecule has 2 saturated carbocycles. The molecule has 2 fully saturated rings. The molecule has 2 N–H and O–H groups in total. The Labute approximate surface area is 135 Å². The Balaban J connectivity index is 1.73. The van der Waals surface area contributed by atoms with Gasteiger partial charge in [-0.1, -0.05) is 13.3 Å². The highest BCUT2D eigenvalue weighted by atomic mass is 16.5. The molecule has 0 radical (unpaired) electrons. The smallest absolute Gasteiger partial charge is 0.321 e. The first-order valence-electron chi connectivity index (χ1n) is 8.29. The Hall–Kier alpha value is -1.92. The van der Waals surface area contributed by atoms with Crippen molar-refractivity contribution in [3.63, 3.8) is 0 Å². The van der Waals surface area contributed by atoms with Crippen molar-refractivity contribution in [1.82, 2.24) is 10.6 Å². The van der Waals surface area contributed by atoms with Crippen molar-refractivity contribution < 1.29 is 23.9 Å². The summed E-state index contributed by atoms with van der Waals surface area (Å²) in [4.78, 5) is 46.9. The van der Waals surface area contributed by atoms with Crippen LogP contribution in [0, 0.1) is 17.8 Å². The maximum absolute atomic E-state index is 12.1. The largest absolute Gasteiger partial charge is 0.455 e. The maximum atomic E-state index is 12.1. The number of rotatable bonds is 5. The predicted octanol–water partition coefficient (Wildman–Crippen LogP) is 1.16. The summed E-state index contributed by atoms with van der Waals surface area (Å²) in [6, 6.07) is -0.592. The van der Waals surface area contributed by atoms with Gasteiger partial charge < -0.3 is 10.1 Å². The molecule has 0 aromatic carbocycles. The first-order valence-corrected chi connectivity index (χ1v) is 8.29. The summed E-state index contributed by atoms with van der Waals surface area (Å²) in [5.74, 6) is -1.20. The van der Waals surface area contributed by atoms with Crippen LogP contribution < -0.4 is 10.6 Å². The Kier molecular flexibility index (Phi) is 6.12. The van der Waals surface area contributed by atoms with Crippen LogP contribution in [0.25, 0.3) is 0 Å². The number of esters is 1. The van der Waals surface area contributed by atoms with Gasteiger partial charge in [0.1, 0.15) is 5.78 Å². The lowest BCUT2D eigenvalue weighted by molar-refractivity contribution is -0.156. The van der Waals surface area contributed by atoms with E-state index in [1.165, 1.54) is 0 Å². The van der Waals surface area contributed by atoms with Gasteiger partial charge >= 0.3 is 12.0 Å². The summed E-state index contributed by atoms with van der Waals surface area (Å²) in [7, 11) is 0. The number of ketones is 1. The van der Waals surface area contributed by atoms with Gasteiger partial charge in [0.2, 0.25) is 0 Å². The highest BCUT2D eigenvalue weighted by Gasteiger charge is 2.41. The molecule has 2 aliphatic rings. The normalized spacial score (nSPS) is 26.3. The number of urea groups is 1. The zero-order chi connectivity index (χ0) is 16.8. The van der Waals surface area contributed by atoms with Gasteiger partial charge in [-0.25, -0.2) is 4.79 Å². The lowest BCUT2D eigenvalue weighted by atomic mass is 9.67. The maximum Gasteiger partial charge on any atom is 0.321 e. The molecule has 2 bridgehead atoms. The number of carbonyl (C=O) groups is 4. The molecule has 0 heterocycles. The van der Waals surface area contributed by atoms with E-state index >= 15 is 0 Å². The Morgan fingerprint density at radius 1 is 1.17 bits per heavy atom. The number of hydrogen-bond donors (Lipinski definition) is 2. The Morgan fingerprint density at radius 2 is 1.83 bits per heavy atom. The van der Waals surface area contributed by atoms with Crippen LogP contribution in [0.2, 0.25) is 0 Å². The van der Waals surface area contributed by atoms with Crippen LogP contribution in [0.4, 0.5) is 4.79 Å². The standard InChI is InChI=1S/C16H24N2O5/c1-2-6-17-16(22)18-13(19)9-23-15(21)12-7-10-4-3-5-11(8-12)14(10)20/h10-12H,2-9H2,1H3,(H2,17,18,19,22). The molecule has 2 unspecified atom stereocenters. The van der Waals surface area contributed by atoms with E-state index in [-0.39, 0.29) is 23.5 Å². The van der Waals surface area contributed by atoms with E-state index in [2.05, 4.69) is 10.6 Å². The summed E-state index contributed by atoms with van der Waals surface area (Å²) in [5.41, 5.74) is 0. The molecule has 0 aromatic rings. The van der Waals surface area contributed by atoms with E-state index in [1.807, 2.05) is 6.92 Å². The second-order valence-corrected chi connectivity index (χ2v) is 6.31. The van der Waals surface area contributed by atoms with Crippen molar-refractivity contribution in [2.24, 2.45) is 17.8 Å². The van der Waals surface area contributed by atoms with Crippen LogP contribution in [-0.4, -0.2) is 36.8 Å². The minimum absolute atomic E-state index is 0.0336. The average molecular weight is 324 g/mol. The average Bonchev–Trinajstić information content (AvgIpc) is 2.50. The summed E-state index contributed by atoms with van der Waals surface area (Å²) >= 11 is 0. The first-order chi connectivity index (χ1) is 11.0. The van der Waals surface area contributed by atoms with Gasteiger partial charge in [0.05, 0.1) is 5.92 Å². The lowest BCUT2D eigenvalue weighted by Crippen LogP contribution is -2.43. The fraction of sp³-hybridized carbons (Fsp3) is 0.750. The highest BCUT2D eigenvalue weighted by Crippen LogP contribution is 2.40. The van der Waals surface area contributed by atoms with Crippen molar-refractivity contribution >= 4 is 23.7 Å². The molecule has 0 saturated heterocycles. The van der Waals surface area contributed by atoms with Crippen molar-refractivity contribution in [3.8, 4) is 0 Å². The molecular weight excluding hydrogens is 300 g/mol. The van der Waals surface area contributed by atoms with E-state index in [9.17, 15) is 19.2 Å². The fourth-order valence-electron chi connectivity index (χ4n) is 3.37. The number of fused-ring (bicyclic) bond motifs is 2. The first kappa shape index (κ1) is 17.4. The second-order valence-electron chi connectivity index (χ2n) is 6.31. The van der Waals surface area contributed by atoms with E-state index < -0.39 is 24.5 Å². The van der Waals surface area contributed by atoms with Crippen LogP contribution in [0.3, 0.4) is 0 Å². The third-order valence-electron chi connectivity index (χ3n) is 4.52. The molecule has 7 nitrogen and oxygen atoms in total. The molecule has 3 amide bonds. The second kappa shape index (κ2) is 8.08. The SMILES string of the molecule is CCCNC(=O)NC(=O)COC(=O)C1CC2CCCC(C1)C2=O. The quantitative estimate of drug-likeness (QED) is 0.739. The van der Waals surface area contributed by atoms with Gasteiger partial charge in [-0.3, -0.25) is 19.7 Å². The highest BCUT2D eigenvalue weighted by molar-refractivity contribution is 5.95. The summed E-state index contributed by atoms with van der Waals surface area (Å²) in [5, 5.41) is 4.60. The van der Waals surface area contributed by atoms with Crippen molar-refractivity contribution in [2.45, 2.75) is 45.4 Å². The van der Waals surface area contributed by atoms with Gasteiger partial charge in [-0.2, -0.15) is 0 Å². The minimum Gasteiger partial charge on any atom is -0.455 e. The van der Waals surface area contributed by atoms with E-state index in [1.54, 1.807) is 0 Å². The van der Waals surface area contributed by atoms with Gasteiger partial charge in [0, 0.05) is 18.4 Å². The van der Waals surface area contributed by atoms with Gasteiger partial charge in [0.25, 0.3) is 5.91 Å². The van der Waals surface area contributed by atoms with Crippen LogP contribution in [-0.2, 0) is 19.1 Å². The molecule has 23 heavy (non-hydrogen) atoms. The van der Waals surface area contributed by atoms with Crippen LogP contribution >= 0.6 is 0 Å². The summed E-state index contributed by atoms with van der Waals surface area (Å²) in [6.07, 6.45) is 4.53. The van der Waals surface area contributed by atoms with E-state index in [0.717, 1.165) is 25.7 Å². The van der Waals surface area contributed by atoms with Gasteiger partial charge in [0.15, 0.2) is 6.61 Å². The van der Waals surface area contributed by atoms with Gasteiger partial charge in [-0.15, -0.1) is 0 Å². The molecule has 2 atom stereocenters. The number of imide groups is 1. The van der Waals surface area contributed by atoms with Crippen molar-refractivity contribution in [1.29, 1.82) is 0 Å². The lowest BCUT2D eigenvalue weighted by Gasteiger charge is -2.36. The Morgan fingerprint density at radius 3 is 2.43 bits per heavy atom. The summed E-state index contributed by atoms with van der Waals surface area (Å²) in [6.45, 7) is 1.89. The van der Waals surface area contributed by atoms with Crippen LogP contribution in [0.5, 0.6) is 0 Å². The molecule has 0 aromatic heterocycles. The molecular formula is C16H24N2O5. The molecule has 2 aliphatic carbocycles. The molecule has 0 spiro atoms. The summed E-state index contributed by atoms with van der Waals surface area (Å²) < 4.78 is 5.01. The number of ether oxygens (including phenoxy) is 1. The van der Waals surface area contributed by atoms with Crippen LogP contribution in [0.1, 0.15) is 45.4 Å². The van der Waals surface area contributed by atoms with Crippen molar-refractivity contribution in [2.75, 3.05) is 13.2 Å². The monoisotopic (exact) mass is 324 g/mol. The zero-order valence-electron chi connectivity index (χ0n) is 13.4.